The van der Waals surface area contributed by atoms with Gasteiger partial charge in [-0.25, -0.2) is 0 Å². The molecule has 0 saturated carbocycles. The van der Waals surface area contributed by atoms with Crippen LogP contribution in [-0.2, 0) is 17.1 Å². The third-order valence-corrected chi connectivity index (χ3v) is 6.77. The number of halogens is 2. The zero-order valence-electron chi connectivity index (χ0n) is 25.0. The molecular formula is C31H51Cl2FeN3. The second-order valence-corrected chi connectivity index (χ2v) is 11.4. The summed E-state index contributed by atoms with van der Waals surface area (Å²) in [7, 11) is 2.23. The fourth-order valence-corrected chi connectivity index (χ4v) is 4.77. The maximum atomic E-state index is 3.80. The standard InChI is InChI=1S/C31H51N3.2ClH.Fe/c1-20(2)26-16-24(9)17-27(21(3)4)30(26)32-12-14-34(11)15-13-33-31-28(22(5)6)18-25(10)19-29(31)23(7)8;;;/h16-23,32-33H,12-15H2,1-11H3;2*1H;/q;;;+2/p-2. The number of rotatable bonds is 12. The molecule has 212 valence electrons. The first-order valence-corrected chi connectivity index (χ1v) is 13.4. The Balaban J connectivity index is 0. The van der Waals surface area contributed by atoms with Gasteiger partial charge in [-0.3, -0.25) is 0 Å². The average Bonchev–Trinajstić information content (AvgIpc) is 2.74. The van der Waals surface area contributed by atoms with Crippen molar-refractivity contribution < 1.29 is 41.9 Å². The Morgan fingerprint density at radius 1 is 0.568 bits per heavy atom. The second kappa shape index (κ2) is 17.6. The molecule has 2 rings (SSSR count). The Morgan fingerprint density at radius 3 is 1.03 bits per heavy atom. The molecule has 0 unspecified atom stereocenters. The van der Waals surface area contributed by atoms with Crippen molar-refractivity contribution in [2.24, 2.45) is 0 Å². The molecule has 0 aliphatic heterocycles. The van der Waals surface area contributed by atoms with Gasteiger partial charge in [0.2, 0.25) is 0 Å². The largest absolute Gasteiger partial charge is 2.00 e. The molecule has 2 aromatic carbocycles. The van der Waals surface area contributed by atoms with E-state index < -0.39 is 0 Å². The van der Waals surface area contributed by atoms with Crippen molar-refractivity contribution in [3.05, 3.63) is 57.6 Å². The van der Waals surface area contributed by atoms with Crippen molar-refractivity contribution in [1.29, 1.82) is 0 Å². The van der Waals surface area contributed by atoms with Gasteiger partial charge in [-0.15, -0.1) is 0 Å². The van der Waals surface area contributed by atoms with E-state index in [2.05, 4.69) is 116 Å². The number of hydrogen-bond acceptors (Lipinski definition) is 3. The fraction of sp³-hybridized carbons (Fsp3) is 0.613. The van der Waals surface area contributed by atoms with Gasteiger partial charge in [-0.2, -0.15) is 0 Å². The molecule has 0 aromatic heterocycles. The SMILES string of the molecule is Cc1cc(C(C)C)c(NCCN(C)CCNc2c(C(C)C)cc(C)cc2C(C)C)c(C(C)C)c1.[Cl-].[Cl-].[Fe+2]. The molecule has 0 fully saturated rings. The fourth-order valence-electron chi connectivity index (χ4n) is 4.77. The van der Waals surface area contributed by atoms with Gasteiger partial charge in [0.25, 0.3) is 0 Å². The topological polar surface area (TPSA) is 27.3 Å². The number of nitrogens with zero attached hydrogens (tertiary/aromatic N) is 1. The van der Waals surface area contributed by atoms with Crippen molar-refractivity contribution >= 4 is 11.4 Å². The molecule has 0 bridgehead atoms. The molecule has 2 N–H and O–H groups in total. The Hall–Kier alpha value is -0.901. The predicted molar refractivity (Wildman–Crippen MR) is 153 cm³/mol. The summed E-state index contributed by atoms with van der Waals surface area (Å²) in [6.45, 7) is 26.7. The zero-order valence-corrected chi connectivity index (χ0v) is 27.6. The minimum Gasteiger partial charge on any atom is -1.00 e. The van der Waals surface area contributed by atoms with Gasteiger partial charge >= 0.3 is 17.1 Å². The van der Waals surface area contributed by atoms with E-state index in [0.29, 0.717) is 23.7 Å². The van der Waals surface area contributed by atoms with E-state index in [1.165, 1.54) is 44.8 Å². The van der Waals surface area contributed by atoms with Gasteiger partial charge in [-0.1, -0.05) is 90.8 Å². The minimum atomic E-state index is 0. The summed E-state index contributed by atoms with van der Waals surface area (Å²) >= 11 is 0. The maximum absolute atomic E-state index is 3.80. The molecule has 0 amide bonds. The van der Waals surface area contributed by atoms with E-state index >= 15 is 0 Å². The maximum Gasteiger partial charge on any atom is 2.00 e. The Labute approximate surface area is 251 Å². The number of anilines is 2. The summed E-state index contributed by atoms with van der Waals surface area (Å²) in [5.41, 5.74) is 11.2. The van der Waals surface area contributed by atoms with Gasteiger partial charge in [0, 0.05) is 37.6 Å². The van der Waals surface area contributed by atoms with E-state index in [1.807, 2.05) is 0 Å². The molecule has 0 spiro atoms. The van der Waals surface area contributed by atoms with E-state index in [1.54, 1.807) is 0 Å². The van der Waals surface area contributed by atoms with E-state index in [0.717, 1.165) is 26.2 Å². The molecular weight excluding hydrogens is 541 g/mol. The molecule has 2 aromatic rings. The van der Waals surface area contributed by atoms with Gasteiger partial charge in [0.1, 0.15) is 0 Å². The number of aryl methyl sites for hydroxylation is 2. The summed E-state index contributed by atoms with van der Waals surface area (Å²) in [5, 5.41) is 7.61. The number of hydrogen-bond donors (Lipinski definition) is 2. The van der Waals surface area contributed by atoms with Crippen LogP contribution in [0.5, 0.6) is 0 Å². The van der Waals surface area contributed by atoms with Crippen LogP contribution in [0.2, 0.25) is 0 Å². The van der Waals surface area contributed by atoms with Crippen LogP contribution in [0, 0.1) is 13.8 Å². The minimum absolute atomic E-state index is 0. The van der Waals surface area contributed by atoms with Crippen molar-refractivity contribution in [3.63, 3.8) is 0 Å². The quantitative estimate of drug-likeness (QED) is 0.371. The summed E-state index contributed by atoms with van der Waals surface area (Å²) in [6.07, 6.45) is 0. The van der Waals surface area contributed by atoms with Gasteiger partial charge in [-0.05, 0) is 66.8 Å². The van der Waals surface area contributed by atoms with Crippen molar-refractivity contribution in [2.45, 2.75) is 92.9 Å². The van der Waals surface area contributed by atoms with Gasteiger partial charge < -0.3 is 40.3 Å². The molecule has 0 heterocycles. The molecule has 0 atom stereocenters. The third kappa shape index (κ3) is 11.0. The van der Waals surface area contributed by atoms with Gasteiger partial charge in [0.05, 0.1) is 0 Å². The molecule has 6 heteroatoms. The Kier molecular flexibility index (Phi) is 18.2. The van der Waals surface area contributed by atoms with E-state index in [-0.39, 0.29) is 41.9 Å². The first-order chi connectivity index (χ1) is 15.9. The summed E-state index contributed by atoms with van der Waals surface area (Å²) in [6, 6.07) is 9.42. The molecule has 0 radical (unpaired) electrons. The number of likely N-dealkylation sites (N-methyl/N-ethyl adjacent to an activating group) is 1. The monoisotopic (exact) mass is 591 g/mol. The van der Waals surface area contributed by atoms with E-state index in [9.17, 15) is 0 Å². The van der Waals surface area contributed by atoms with Crippen LogP contribution < -0.4 is 35.4 Å². The molecule has 0 aliphatic rings. The van der Waals surface area contributed by atoms with Crippen LogP contribution in [-0.4, -0.2) is 38.1 Å². The van der Waals surface area contributed by atoms with Crippen LogP contribution in [0.15, 0.2) is 24.3 Å². The smallest absolute Gasteiger partial charge is 1.00 e. The first-order valence-electron chi connectivity index (χ1n) is 13.4. The van der Waals surface area contributed by atoms with Gasteiger partial charge in [0.15, 0.2) is 0 Å². The average molecular weight is 593 g/mol. The number of nitrogens with one attached hydrogen (secondary N) is 2. The number of benzene rings is 2. The van der Waals surface area contributed by atoms with Crippen molar-refractivity contribution in [2.75, 3.05) is 43.9 Å². The molecule has 37 heavy (non-hydrogen) atoms. The van der Waals surface area contributed by atoms with Crippen molar-refractivity contribution in [1.82, 2.24) is 4.90 Å². The summed E-state index contributed by atoms with van der Waals surface area (Å²) in [4.78, 5) is 2.43. The Morgan fingerprint density at radius 2 is 0.811 bits per heavy atom. The summed E-state index contributed by atoms with van der Waals surface area (Å²) in [5.74, 6) is 2.06. The molecule has 0 aliphatic carbocycles. The predicted octanol–water partition coefficient (Wildman–Crippen LogP) is 2.26. The normalized spacial score (nSPS) is 11.0. The zero-order chi connectivity index (χ0) is 25.6. The molecule has 3 nitrogen and oxygen atoms in total. The van der Waals surface area contributed by atoms with Crippen LogP contribution in [0.3, 0.4) is 0 Å². The Bertz CT molecular complexity index is 809. The van der Waals surface area contributed by atoms with E-state index in [4.69, 9.17) is 0 Å². The first kappa shape index (κ1) is 38.2. The van der Waals surface area contributed by atoms with Crippen molar-refractivity contribution in [3.8, 4) is 0 Å². The summed E-state index contributed by atoms with van der Waals surface area (Å²) < 4.78 is 0. The van der Waals surface area contributed by atoms with Crippen LogP contribution in [0.4, 0.5) is 11.4 Å². The third-order valence-electron chi connectivity index (χ3n) is 6.77. The molecule has 0 saturated heterocycles. The van der Waals surface area contributed by atoms with Crippen LogP contribution in [0.1, 0.15) is 112 Å². The van der Waals surface area contributed by atoms with Crippen LogP contribution in [0.25, 0.3) is 0 Å². The van der Waals surface area contributed by atoms with Crippen LogP contribution >= 0.6 is 0 Å². The second-order valence-electron chi connectivity index (χ2n) is 11.4.